The van der Waals surface area contributed by atoms with Crippen molar-refractivity contribution in [1.82, 2.24) is 5.32 Å². The highest BCUT2D eigenvalue weighted by molar-refractivity contribution is 6.01. The van der Waals surface area contributed by atoms with Crippen LogP contribution in [0.3, 0.4) is 0 Å². The predicted molar refractivity (Wildman–Crippen MR) is 99.6 cm³/mol. The Kier molecular flexibility index (Phi) is 4.49. The SMILES string of the molecule is CCc1cccc2c1OCC[C@H]2NC(=O)[C@H]1CCC(=O)c2ccccc21. The lowest BCUT2D eigenvalue weighted by atomic mass is 9.81. The number of Topliss-reactive ketones (excluding diaryl/α,β-unsaturated/α-hetero) is 1. The molecule has 26 heavy (non-hydrogen) atoms. The number of carbonyl (C=O) groups is 2. The van der Waals surface area contributed by atoms with Crippen LogP contribution in [0.5, 0.6) is 5.75 Å². The van der Waals surface area contributed by atoms with Crippen LogP contribution in [0.4, 0.5) is 0 Å². The molecule has 2 aromatic carbocycles. The Morgan fingerprint density at radius 1 is 1.12 bits per heavy atom. The number of ether oxygens (including phenoxy) is 1. The van der Waals surface area contributed by atoms with Crippen LogP contribution in [0, 0.1) is 0 Å². The van der Waals surface area contributed by atoms with Gasteiger partial charge in [0.1, 0.15) is 5.75 Å². The normalized spacial score (nSPS) is 21.3. The molecule has 1 N–H and O–H groups in total. The first-order chi connectivity index (χ1) is 12.7. The Balaban J connectivity index is 1.59. The topological polar surface area (TPSA) is 55.4 Å². The summed E-state index contributed by atoms with van der Waals surface area (Å²) in [4.78, 5) is 25.2. The van der Waals surface area contributed by atoms with Gasteiger partial charge in [0.05, 0.1) is 18.6 Å². The van der Waals surface area contributed by atoms with Crippen molar-refractivity contribution < 1.29 is 14.3 Å². The molecule has 1 amide bonds. The van der Waals surface area contributed by atoms with Gasteiger partial charge in [-0.25, -0.2) is 0 Å². The van der Waals surface area contributed by atoms with Gasteiger partial charge in [0.15, 0.2) is 5.78 Å². The molecular formula is C22H23NO3. The van der Waals surface area contributed by atoms with E-state index in [1.54, 1.807) is 0 Å². The molecule has 0 spiro atoms. The van der Waals surface area contributed by atoms with Gasteiger partial charge in [0, 0.05) is 24.0 Å². The van der Waals surface area contributed by atoms with Crippen molar-refractivity contribution in [2.24, 2.45) is 0 Å². The molecule has 0 radical (unpaired) electrons. The average Bonchev–Trinajstić information content (AvgIpc) is 2.68. The molecule has 1 aliphatic heterocycles. The lowest BCUT2D eigenvalue weighted by Gasteiger charge is -2.31. The number of rotatable bonds is 3. The van der Waals surface area contributed by atoms with E-state index in [0.29, 0.717) is 25.0 Å². The number of benzene rings is 2. The van der Waals surface area contributed by atoms with Crippen molar-refractivity contribution >= 4 is 11.7 Å². The summed E-state index contributed by atoms with van der Waals surface area (Å²) in [5.74, 6) is 0.800. The number of aryl methyl sites for hydroxylation is 1. The lowest BCUT2D eigenvalue weighted by Crippen LogP contribution is -2.37. The monoisotopic (exact) mass is 349 g/mol. The van der Waals surface area contributed by atoms with E-state index in [1.165, 1.54) is 5.56 Å². The first-order valence-corrected chi connectivity index (χ1v) is 9.36. The summed E-state index contributed by atoms with van der Waals surface area (Å²) in [6.07, 6.45) is 2.67. The summed E-state index contributed by atoms with van der Waals surface area (Å²) in [6.45, 7) is 2.71. The third kappa shape index (κ3) is 2.90. The van der Waals surface area contributed by atoms with Crippen LogP contribution >= 0.6 is 0 Å². The van der Waals surface area contributed by atoms with Crippen molar-refractivity contribution in [3.05, 3.63) is 64.7 Å². The van der Waals surface area contributed by atoms with E-state index >= 15 is 0 Å². The maximum absolute atomic E-state index is 13.0. The number of fused-ring (bicyclic) bond motifs is 2. The molecule has 1 aliphatic carbocycles. The number of carbonyl (C=O) groups excluding carboxylic acids is 2. The van der Waals surface area contributed by atoms with Crippen LogP contribution in [0.15, 0.2) is 42.5 Å². The molecule has 0 aromatic heterocycles. The van der Waals surface area contributed by atoms with Crippen LogP contribution in [-0.2, 0) is 11.2 Å². The highest BCUT2D eigenvalue weighted by Gasteiger charge is 2.32. The summed E-state index contributed by atoms with van der Waals surface area (Å²) in [6, 6.07) is 13.6. The van der Waals surface area contributed by atoms with Crippen molar-refractivity contribution in [2.75, 3.05) is 6.61 Å². The number of hydrogen-bond donors (Lipinski definition) is 1. The minimum Gasteiger partial charge on any atom is -0.493 e. The van der Waals surface area contributed by atoms with Gasteiger partial charge in [-0.2, -0.15) is 0 Å². The van der Waals surface area contributed by atoms with E-state index in [9.17, 15) is 9.59 Å². The summed E-state index contributed by atoms with van der Waals surface area (Å²) in [5.41, 5.74) is 3.79. The zero-order chi connectivity index (χ0) is 18.1. The molecule has 4 heteroatoms. The van der Waals surface area contributed by atoms with Gasteiger partial charge in [0.25, 0.3) is 0 Å². The zero-order valence-corrected chi connectivity index (χ0v) is 15.0. The minimum absolute atomic E-state index is 0.00435. The van der Waals surface area contributed by atoms with Crippen LogP contribution in [0.1, 0.15) is 65.2 Å². The molecule has 0 saturated carbocycles. The predicted octanol–water partition coefficient (Wildman–Crippen LogP) is 3.95. The Hall–Kier alpha value is -2.62. The van der Waals surface area contributed by atoms with E-state index in [1.807, 2.05) is 36.4 Å². The Bertz CT molecular complexity index is 858. The molecule has 4 rings (SSSR count). The zero-order valence-electron chi connectivity index (χ0n) is 15.0. The summed E-state index contributed by atoms with van der Waals surface area (Å²) >= 11 is 0. The molecule has 134 valence electrons. The highest BCUT2D eigenvalue weighted by atomic mass is 16.5. The standard InChI is InChI=1S/C22H23NO3/c1-2-14-6-5-9-18-19(12-13-26-21(14)18)23-22(25)17-10-11-20(24)16-8-4-3-7-15(16)17/h3-9,17,19H,2,10-13H2,1H3,(H,23,25)/t17-,19+/m0/s1. The van der Waals surface area contributed by atoms with Gasteiger partial charge in [-0.05, 0) is 24.0 Å². The van der Waals surface area contributed by atoms with Crippen molar-refractivity contribution in [2.45, 2.75) is 44.6 Å². The number of ketones is 1. The van der Waals surface area contributed by atoms with Crippen molar-refractivity contribution in [3.8, 4) is 5.75 Å². The van der Waals surface area contributed by atoms with Crippen molar-refractivity contribution in [1.29, 1.82) is 0 Å². The Labute approximate surface area is 153 Å². The maximum atomic E-state index is 13.0. The van der Waals surface area contributed by atoms with Gasteiger partial charge in [-0.3, -0.25) is 9.59 Å². The van der Waals surface area contributed by atoms with Gasteiger partial charge >= 0.3 is 0 Å². The third-order valence-electron chi connectivity index (χ3n) is 5.47. The molecule has 2 aliphatic rings. The summed E-state index contributed by atoms with van der Waals surface area (Å²) in [7, 11) is 0. The van der Waals surface area contributed by atoms with Crippen molar-refractivity contribution in [3.63, 3.8) is 0 Å². The van der Waals surface area contributed by atoms with Crippen LogP contribution in [0.25, 0.3) is 0 Å². The molecule has 2 aromatic rings. The van der Waals surface area contributed by atoms with Gasteiger partial charge in [-0.1, -0.05) is 49.4 Å². The fourth-order valence-corrected chi connectivity index (χ4v) is 4.08. The van der Waals surface area contributed by atoms with Gasteiger partial charge in [-0.15, -0.1) is 0 Å². The third-order valence-corrected chi connectivity index (χ3v) is 5.47. The Morgan fingerprint density at radius 2 is 1.92 bits per heavy atom. The fourth-order valence-electron chi connectivity index (χ4n) is 4.08. The molecule has 1 heterocycles. The molecule has 4 nitrogen and oxygen atoms in total. The second-order valence-corrected chi connectivity index (χ2v) is 6.99. The van der Waals surface area contributed by atoms with E-state index in [2.05, 4.69) is 18.3 Å². The number of para-hydroxylation sites is 1. The smallest absolute Gasteiger partial charge is 0.228 e. The maximum Gasteiger partial charge on any atom is 0.228 e. The molecular weight excluding hydrogens is 326 g/mol. The van der Waals surface area contributed by atoms with Crippen LogP contribution in [-0.4, -0.2) is 18.3 Å². The number of hydrogen-bond acceptors (Lipinski definition) is 3. The molecule has 0 saturated heterocycles. The first-order valence-electron chi connectivity index (χ1n) is 9.36. The minimum atomic E-state index is -0.260. The summed E-state index contributed by atoms with van der Waals surface area (Å²) < 4.78 is 5.88. The fraction of sp³-hybridized carbons (Fsp3) is 0.364. The largest absolute Gasteiger partial charge is 0.493 e. The van der Waals surface area contributed by atoms with E-state index in [-0.39, 0.29) is 23.7 Å². The second-order valence-electron chi connectivity index (χ2n) is 6.99. The van der Waals surface area contributed by atoms with Gasteiger partial charge in [0.2, 0.25) is 5.91 Å². The van der Waals surface area contributed by atoms with Gasteiger partial charge < -0.3 is 10.1 Å². The molecule has 2 atom stereocenters. The van der Waals surface area contributed by atoms with E-state index in [4.69, 9.17) is 4.74 Å². The Morgan fingerprint density at radius 3 is 2.77 bits per heavy atom. The number of amides is 1. The molecule has 0 bridgehead atoms. The number of nitrogens with one attached hydrogen (secondary N) is 1. The second kappa shape index (κ2) is 6.94. The first kappa shape index (κ1) is 16.8. The van der Waals surface area contributed by atoms with E-state index in [0.717, 1.165) is 29.7 Å². The quantitative estimate of drug-likeness (QED) is 0.913. The molecule has 0 fully saturated rings. The average molecular weight is 349 g/mol. The van der Waals surface area contributed by atoms with Crippen LogP contribution < -0.4 is 10.1 Å². The lowest BCUT2D eigenvalue weighted by molar-refractivity contribution is -0.123. The molecule has 0 unspecified atom stereocenters. The summed E-state index contributed by atoms with van der Waals surface area (Å²) in [5, 5.41) is 3.22. The van der Waals surface area contributed by atoms with Crippen LogP contribution in [0.2, 0.25) is 0 Å². The highest BCUT2D eigenvalue weighted by Crippen LogP contribution is 2.37. The van der Waals surface area contributed by atoms with E-state index < -0.39 is 0 Å².